The number of hydrogen-bond acceptors (Lipinski definition) is 4. The molecule has 0 spiro atoms. The van der Waals surface area contributed by atoms with Crippen molar-refractivity contribution >= 4 is 11.6 Å². The molecular weight excluding hydrogens is 323 g/mol. The summed E-state index contributed by atoms with van der Waals surface area (Å²) in [5, 5.41) is 6.45. The SMILES string of the molecule is CCNC(=NCc1ccc(N2CCOCC2)c(F)c1)NC(C)COC. The van der Waals surface area contributed by atoms with E-state index < -0.39 is 0 Å². The predicted octanol–water partition coefficient (Wildman–Crippen LogP) is 1.75. The second kappa shape index (κ2) is 10.2. The molecule has 0 amide bonds. The molecule has 1 aliphatic heterocycles. The third-order valence-electron chi connectivity index (χ3n) is 3.93. The van der Waals surface area contributed by atoms with Crippen LogP contribution in [0.1, 0.15) is 19.4 Å². The Morgan fingerprint density at radius 2 is 2.16 bits per heavy atom. The van der Waals surface area contributed by atoms with Crippen molar-refractivity contribution in [2.45, 2.75) is 26.4 Å². The lowest BCUT2D eigenvalue weighted by Crippen LogP contribution is -2.43. The third kappa shape index (κ3) is 6.17. The van der Waals surface area contributed by atoms with Crippen molar-refractivity contribution in [1.82, 2.24) is 10.6 Å². The number of nitrogens with zero attached hydrogens (tertiary/aromatic N) is 2. The van der Waals surface area contributed by atoms with E-state index in [1.54, 1.807) is 13.2 Å². The molecule has 2 rings (SSSR count). The molecule has 2 N–H and O–H groups in total. The van der Waals surface area contributed by atoms with Crippen LogP contribution in [0, 0.1) is 5.82 Å². The Labute approximate surface area is 149 Å². The molecule has 1 heterocycles. The molecule has 1 aliphatic rings. The number of benzene rings is 1. The summed E-state index contributed by atoms with van der Waals surface area (Å²) in [7, 11) is 1.67. The summed E-state index contributed by atoms with van der Waals surface area (Å²) in [6.45, 7) is 8.52. The number of nitrogens with one attached hydrogen (secondary N) is 2. The average molecular weight is 352 g/mol. The lowest BCUT2D eigenvalue weighted by Gasteiger charge is -2.29. The summed E-state index contributed by atoms with van der Waals surface area (Å²) in [6, 6.07) is 5.47. The molecule has 7 heteroatoms. The van der Waals surface area contributed by atoms with Gasteiger partial charge in [-0.2, -0.15) is 0 Å². The standard InChI is InChI=1S/C18H29FN4O2/c1-4-20-18(22-14(2)13-24-3)21-12-15-5-6-17(16(19)11-15)23-7-9-25-10-8-23/h5-6,11,14H,4,7-10,12-13H2,1-3H3,(H2,20,21,22). The van der Waals surface area contributed by atoms with Gasteiger partial charge in [0.1, 0.15) is 5.82 Å². The summed E-state index contributed by atoms with van der Waals surface area (Å²) >= 11 is 0. The van der Waals surface area contributed by atoms with Crippen LogP contribution in [0.25, 0.3) is 0 Å². The normalized spacial score (nSPS) is 16.6. The highest BCUT2D eigenvalue weighted by atomic mass is 19.1. The number of halogens is 1. The highest BCUT2D eigenvalue weighted by molar-refractivity contribution is 5.80. The number of guanidine groups is 1. The van der Waals surface area contributed by atoms with Crippen LogP contribution in [-0.2, 0) is 16.0 Å². The molecule has 1 atom stereocenters. The topological polar surface area (TPSA) is 58.1 Å². The lowest BCUT2D eigenvalue weighted by molar-refractivity contribution is 0.122. The first-order chi connectivity index (χ1) is 12.1. The lowest BCUT2D eigenvalue weighted by atomic mass is 10.1. The Bertz CT molecular complexity index is 562. The molecule has 0 radical (unpaired) electrons. The Balaban J connectivity index is 2.01. The van der Waals surface area contributed by atoms with Crippen LogP contribution in [0.4, 0.5) is 10.1 Å². The van der Waals surface area contributed by atoms with E-state index in [0.717, 1.165) is 25.2 Å². The highest BCUT2D eigenvalue weighted by Gasteiger charge is 2.15. The largest absolute Gasteiger partial charge is 0.383 e. The van der Waals surface area contributed by atoms with E-state index in [1.165, 1.54) is 0 Å². The van der Waals surface area contributed by atoms with E-state index >= 15 is 0 Å². The van der Waals surface area contributed by atoms with Gasteiger partial charge in [0, 0.05) is 32.8 Å². The van der Waals surface area contributed by atoms with E-state index in [0.29, 0.717) is 38.0 Å². The van der Waals surface area contributed by atoms with Crippen molar-refractivity contribution < 1.29 is 13.9 Å². The zero-order valence-electron chi connectivity index (χ0n) is 15.3. The van der Waals surface area contributed by atoms with Crippen LogP contribution < -0.4 is 15.5 Å². The first kappa shape index (κ1) is 19.5. The van der Waals surface area contributed by atoms with Gasteiger partial charge in [-0.15, -0.1) is 0 Å². The number of hydrogen-bond donors (Lipinski definition) is 2. The fourth-order valence-electron chi connectivity index (χ4n) is 2.72. The summed E-state index contributed by atoms with van der Waals surface area (Å²) in [4.78, 5) is 6.55. The summed E-state index contributed by atoms with van der Waals surface area (Å²) in [5.41, 5.74) is 1.47. The van der Waals surface area contributed by atoms with Gasteiger partial charge in [0.15, 0.2) is 5.96 Å². The fourth-order valence-corrected chi connectivity index (χ4v) is 2.72. The number of aliphatic imine (C=N–C) groups is 1. The van der Waals surface area contributed by atoms with E-state index in [2.05, 4.69) is 15.6 Å². The van der Waals surface area contributed by atoms with E-state index in [9.17, 15) is 4.39 Å². The van der Waals surface area contributed by atoms with Crippen LogP contribution in [-0.4, -0.2) is 58.6 Å². The number of rotatable bonds is 7. The zero-order valence-corrected chi connectivity index (χ0v) is 15.3. The van der Waals surface area contributed by atoms with Crippen molar-refractivity contribution in [1.29, 1.82) is 0 Å². The molecule has 0 saturated carbocycles. The smallest absolute Gasteiger partial charge is 0.191 e. The van der Waals surface area contributed by atoms with Gasteiger partial charge in [0.2, 0.25) is 0 Å². The maximum absolute atomic E-state index is 14.4. The number of ether oxygens (including phenoxy) is 2. The van der Waals surface area contributed by atoms with Gasteiger partial charge in [0.25, 0.3) is 0 Å². The van der Waals surface area contributed by atoms with Gasteiger partial charge >= 0.3 is 0 Å². The molecule has 1 aromatic carbocycles. The van der Waals surface area contributed by atoms with E-state index in [1.807, 2.05) is 30.9 Å². The Kier molecular flexibility index (Phi) is 7.94. The summed E-state index contributed by atoms with van der Waals surface area (Å²) in [5.74, 6) is 0.491. The predicted molar refractivity (Wildman–Crippen MR) is 98.7 cm³/mol. The maximum Gasteiger partial charge on any atom is 0.191 e. The first-order valence-corrected chi connectivity index (χ1v) is 8.79. The van der Waals surface area contributed by atoms with Crippen molar-refractivity contribution in [3.05, 3.63) is 29.6 Å². The summed E-state index contributed by atoms with van der Waals surface area (Å²) in [6.07, 6.45) is 0. The molecule has 1 unspecified atom stereocenters. The molecule has 1 aromatic rings. The molecule has 0 aromatic heterocycles. The van der Waals surface area contributed by atoms with Crippen LogP contribution >= 0.6 is 0 Å². The van der Waals surface area contributed by atoms with Crippen LogP contribution in [0.15, 0.2) is 23.2 Å². The maximum atomic E-state index is 14.4. The molecule has 25 heavy (non-hydrogen) atoms. The molecule has 1 saturated heterocycles. The molecule has 1 fully saturated rings. The van der Waals surface area contributed by atoms with Crippen molar-refractivity contribution in [3.8, 4) is 0 Å². The van der Waals surface area contributed by atoms with Gasteiger partial charge in [0.05, 0.1) is 32.1 Å². The number of morpholine rings is 1. The van der Waals surface area contributed by atoms with Crippen LogP contribution in [0.3, 0.4) is 0 Å². The molecule has 140 valence electrons. The highest BCUT2D eigenvalue weighted by Crippen LogP contribution is 2.21. The number of anilines is 1. The van der Waals surface area contributed by atoms with Gasteiger partial charge < -0.3 is 25.0 Å². The fraction of sp³-hybridized carbons (Fsp3) is 0.611. The first-order valence-electron chi connectivity index (χ1n) is 8.79. The van der Waals surface area contributed by atoms with Gasteiger partial charge in [-0.05, 0) is 31.5 Å². The third-order valence-corrected chi connectivity index (χ3v) is 3.93. The van der Waals surface area contributed by atoms with Crippen LogP contribution in [0.5, 0.6) is 0 Å². The Morgan fingerprint density at radius 1 is 1.40 bits per heavy atom. The number of methoxy groups -OCH3 is 1. The second-order valence-corrected chi connectivity index (χ2v) is 6.08. The van der Waals surface area contributed by atoms with Gasteiger partial charge in [-0.25, -0.2) is 9.38 Å². The molecule has 0 aliphatic carbocycles. The Morgan fingerprint density at radius 3 is 2.80 bits per heavy atom. The van der Waals surface area contributed by atoms with Gasteiger partial charge in [-0.1, -0.05) is 6.07 Å². The monoisotopic (exact) mass is 352 g/mol. The molecule has 0 bridgehead atoms. The van der Waals surface area contributed by atoms with E-state index in [4.69, 9.17) is 9.47 Å². The van der Waals surface area contributed by atoms with Gasteiger partial charge in [-0.3, -0.25) is 0 Å². The minimum atomic E-state index is -0.208. The second-order valence-electron chi connectivity index (χ2n) is 6.08. The minimum Gasteiger partial charge on any atom is -0.383 e. The van der Waals surface area contributed by atoms with Crippen molar-refractivity contribution in [2.24, 2.45) is 4.99 Å². The quantitative estimate of drug-likeness (QED) is 0.578. The average Bonchev–Trinajstić information content (AvgIpc) is 2.61. The minimum absolute atomic E-state index is 0.142. The molecule has 6 nitrogen and oxygen atoms in total. The Hall–Kier alpha value is -1.86. The zero-order chi connectivity index (χ0) is 18.1. The van der Waals surface area contributed by atoms with Crippen LogP contribution in [0.2, 0.25) is 0 Å². The van der Waals surface area contributed by atoms with E-state index in [-0.39, 0.29) is 11.9 Å². The van der Waals surface area contributed by atoms with Crippen molar-refractivity contribution in [3.63, 3.8) is 0 Å². The summed E-state index contributed by atoms with van der Waals surface area (Å²) < 4.78 is 24.9. The molecular formula is C18H29FN4O2. The van der Waals surface area contributed by atoms with Crippen molar-refractivity contribution in [2.75, 3.05) is 51.5 Å².